The Labute approximate surface area is 159 Å². The molecular weight excluding hydrogens is 360 g/mol. The molecule has 5 rings (SSSR count). The molecule has 0 spiro atoms. The number of hydrogen-bond acceptors (Lipinski definition) is 6. The van der Waals surface area contributed by atoms with Crippen LogP contribution in [0.2, 0.25) is 0 Å². The average Bonchev–Trinajstić information content (AvgIpc) is 3.26. The summed E-state index contributed by atoms with van der Waals surface area (Å²) in [4.78, 5) is 23.7. The molecule has 0 aliphatic carbocycles. The van der Waals surface area contributed by atoms with Crippen molar-refractivity contribution < 1.29 is 0 Å². The zero-order valence-electron chi connectivity index (χ0n) is 15.1. The Bertz CT molecular complexity index is 1280. The SMILES string of the molecule is Cc1cn2nc(-c3cc(=O)n4cc(C5=CCNCC5)sc4n3)cc(C)c2n1. The van der Waals surface area contributed by atoms with Crippen molar-refractivity contribution in [3.63, 3.8) is 0 Å². The van der Waals surface area contributed by atoms with Crippen molar-refractivity contribution in [2.45, 2.75) is 20.3 Å². The van der Waals surface area contributed by atoms with E-state index in [1.54, 1.807) is 26.3 Å². The van der Waals surface area contributed by atoms with Crippen LogP contribution in [-0.4, -0.2) is 37.1 Å². The minimum absolute atomic E-state index is 0.0894. The highest BCUT2D eigenvalue weighted by atomic mass is 32.1. The van der Waals surface area contributed by atoms with Crippen molar-refractivity contribution in [3.05, 3.63) is 57.1 Å². The fourth-order valence-corrected chi connectivity index (χ4v) is 4.46. The molecule has 0 aromatic carbocycles. The highest BCUT2D eigenvalue weighted by Crippen LogP contribution is 2.27. The second-order valence-corrected chi connectivity index (χ2v) is 7.78. The van der Waals surface area contributed by atoms with Gasteiger partial charge in [0.25, 0.3) is 5.56 Å². The molecule has 4 aromatic heterocycles. The highest BCUT2D eigenvalue weighted by molar-refractivity contribution is 7.18. The predicted molar refractivity (Wildman–Crippen MR) is 106 cm³/mol. The fourth-order valence-electron chi connectivity index (χ4n) is 3.40. The molecule has 0 radical (unpaired) electrons. The minimum Gasteiger partial charge on any atom is -0.313 e. The van der Waals surface area contributed by atoms with E-state index >= 15 is 0 Å². The number of fused-ring (bicyclic) bond motifs is 2. The normalized spacial score (nSPS) is 14.8. The average molecular weight is 378 g/mol. The Kier molecular flexibility index (Phi) is 3.70. The summed E-state index contributed by atoms with van der Waals surface area (Å²) in [5, 5.41) is 7.91. The standard InChI is InChI=1S/C19H18N6OS/c1-11-7-15(23-25-9-12(2)21-18(11)25)14-8-17(26)24-10-16(27-19(24)22-14)13-3-5-20-6-4-13/h3,7-10,20H,4-6H2,1-2H3. The van der Waals surface area contributed by atoms with E-state index in [0.717, 1.165) is 41.3 Å². The second-order valence-electron chi connectivity index (χ2n) is 6.77. The Morgan fingerprint density at radius 2 is 2.04 bits per heavy atom. The zero-order chi connectivity index (χ0) is 18.5. The van der Waals surface area contributed by atoms with Crippen LogP contribution in [-0.2, 0) is 0 Å². The van der Waals surface area contributed by atoms with Crippen LogP contribution in [0.3, 0.4) is 0 Å². The summed E-state index contributed by atoms with van der Waals surface area (Å²) in [6.45, 7) is 5.75. The van der Waals surface area contributed by atoms with Crippen molar-refractivity contribution in [1.29, 1.82) is 0 Å². The van der Waals surface area contributed by atoms with Gasteiger partial charge in [0.2, 0.25) is 0 Å². The van der Waals surface area contributed by atoms with Crippen LogP contribution in [0.5, 0.6) is 0 Å². The summed E-state index contributed by atoms with van der Waals surface area (Å²) in [5.41, 5.74) is 5.18. The molecule has 0 atom stereocenters. The second kappa shape index (κ2) is 6.11. The summed E-state index contributed by atoms with van der Waals surface area (Å²) < 4.78 is 3.38. The number of rotatable bonds is 2. The maximum atomic E-state index is 12.7. The van der Waals surface area contributed by atoms with Gasteiger partial charge in [-0.15, -0.1) is 0 Å². The van der Waals surface area contributed by atoms with Crippen molar-refractivity contribution in [3.8, 4) is 11.4 Å². The van der Waals surface area contributed by atoms with Crippen molar-refractivity contribution >= 4 is 27.5 Å². The van der Waals surface area contributed by atoms with E-state index < -0.39 is 0 Å². The molecule has 27 heavy (non-hydrogen) atoms. The van der Waals surface area contributed by atoms with Gasteiger partial charge in [0.1, 0.15) is 5.69 Å². The topological polar surface area (TPSA) is 76.6 Å². The molecule has 7 nitrogen and oxygen atoms in total. The first kappa shape index (κ1) is 16.3. The van der Waals surface area contributed by atoms with Gasteiger partial charge in [0, 0.05) is 18.8 Å². The van der Waals surface area contributed by atoms with Crippen LogP contribution in [0.1, 0.15) is 22.6 Å². The zero-order valence-corrected chi connectivity index (χ0v) is 15.9. The van der Waals surface area contributed by atoms with Crippen molar-refractivity contribution in [1.82, 2.24) is 29.3 Å². The van der Waals surface area contributed by atoms with E-state index in [-0.39, 0.29) is 5.56 Å². The van der Waals surface area contributed by atoms with Gasteiger partial charge in [-0.3, -0.25) is 9.20 Å². The smallest absolute Gasteiger partial charge is 0.259 e. The van der Waals surface area contributed by atoms with Gasteiger partial charge in [0.15, 0.2) is 10.6 Å². The molecule has 1 aliphatic rings. The summed E-state index contributed by atoms with van der Waals surface area (Å²) in [7, 11) is 0. The third-order valence-corrected chi connectivity index (χ3v) is 5.80. The van der Waals surface area contributed by atoms with Crippen LogP contribution in [0, 0.1) is 13.8 Å². The lowest BCUT2D eigenvalue weighted by atomic mass is 10.1. The van der Waals surface area contributed by atoms with Gasteiger partial charge < -0.3 is 5.32 Å². The minimum atomic E-state index is -0.0894. The quantitative estimate of drug-likeness (QED) is 0.580. The molecule has 136 valence electrons. The van der Waals surface area contributed by atoms with Gasteiger partial charge in [-0.25, -0.2) is 14.5 Å². The van der Waals surface area contributed by atoms with Gasteiger partial charge in [-0.2, -0.15) is 5.10 Å². The first-order valence-corrected chi connectivity index (χ1v) is 9.67. The van der Waals surface area contributed by atoms with E-state index in [1.165, 1.54) is 5.57 Å². The van der Waals surface area contributed by atoms with Crippen molar-refractivity contribution in [2.24, 2.45) is 0 Å². The number of aromatic nitrogens is 5. The van der Waals surface area contributed by atoms with Crippen LogP contribution >= 0.6 is 11.3 Å². The van der Waals surface area contributed by atoms with Crippen LogP contribution in [0.4, 0.5) is 0 Å². The Morgan fingerprint density at radius 1 is 1.15 bits per heavy atom. The van der Waals surface area contributed by atoms with Crippen molar-refractivity contribution in [2.75, 3.05) is 13.1 Å². The van der Waals surface area contributed by atoms with Crippen LogP contribution < -0.4 is 10.9 Å². The predicted octanol–water partition coefficient (Wildman–Crippen LogP) is 2.46. The number of thiazole rings is 1. The number of nitrogens with zero attached hydrogens (tertiary/aromatic N) is 5. The first-order valence-electron chi connectivity index (χ1n) is 8.86. The van der Waals surface area contributed by atoms with E-state index in [2.05, 4.69) is 21.5 Å². The van der Waals surface area contributed by atoms with E-state index in [9.17, 15) is 4.79 Å². The van der Waals surface area contributed by atoms with Crippen LogP contribution in [0.15, 0.2) is 35.4 Å². The summed E-state index contributed by atoms with van der Waals surface area (Å²) in [6.07, 6.45) is 6.92. The number of imidazole rings is 1. The van der Waals surface area contributed by atoms with Gasteiger partial charge in [-0.05, 0) is 44.0 Å². The molecule has 0 saturated carbocycles. The summed E-state index contributed by atoms with van der Waals surface area (Å²) in [5.74, 6) is 0. The molecule has 0 bridgehead atoms. The third-order valence-electron chi connectivity index (χ3n) is 4.74. The van der Waals surface area contributed by atoms with Gasteiger partial charge in [0.05, 0.1) is 22.5 Å². The summed E-state index contributed by atoms with van der Waals surface area (Å²) >= 11 is 1.55. The van der Waals surface area contributed by atoms with Gasteiger partial charge >= 0.3 is 0 Å². The van der Waals surface area contributed by atoms with E-state index in [0.29, 0.717) is 16.3 Å². The van der Waals surface area contributed by atoms with Gasteiger partial charge in [-0.1, -0.05) is 17.4 Å². The Balaban J connectivity index is 1.66. The lowest BCUT2D eigenvalue weighted by molar-refractivity contribution is 0.739. The Morgan fingerprint density at radius 3 is 2.85 bits per heavy atom. The number of aryl methyl sites for hydroxylation is 2. The Hall–Kier alpha value is -2.84. The fraction of sp³-hybridized carbons (Fsp3) is 0.263. The molecule has 1 N–H and O–H groups in total. The molecule has 8 heteroatoms. The van der Waals surface area contributed by atoms with E-state index in [4.69, 9.17) is 4.98 Å². The highest BCUT2D eigenvalue weighted by Gasteiger charge is 2.14. The summed E-state index contributed by atoms with van der Waals surface area (Å²) in [6, 6.07) is 3.49. The first-order chi connectivity index (χ1) is 13.1. The van der Waals surface area contributed by atoms with E-state index in [1.807, 2.05) is 32.3 Å². The molecule has 0 saturated heterocycles. The molecule has 0 unspecified atom stereocenters. The molecule has 5 heterocycles. The number of nitrogens with one attached hydrogen (secondary N) is 1. The van der Waals surface area contributed by atoms with Crippen LogP contribution in [0.25, 0.3) is 27.6 Å². The molecular formula is C19H18N6OS. The lowest BCUT2D eigenvalue weighted by Gasteiger charge is -2.11. The maximum absolute atomic E-state index is 12.7. The lowest BCUT2D eigenvalue weighted by Crippen LogP contribution is -2.19. The molecule has 0 fully saturated rings. The third kappa shape index (κ3) is 2.77. The molecule has 4 aromatic rings. The largest absolute Gasteiger partial charge is 0.313 e. The monoisotopic (exact) mass is 378 g/mol. The maximum Gasteiger partial charge on any atom is 0.259 e. The molecule has 0 amide bonds. The number of hydrogen-bond donors (Lipinski definition) is 1. The molecule has 1 aliphatic heterocycles.